The molecule has 0 N–H and O–H groups in total. The molecule has 0 saturated carbocycles. The van der Waals surface area contributed by atoms with Gasteiger partial charge in [0.25, 0.3) is 0 Å². The number of allylic oxidation sites excluding steroid dienone is 4. The Morgan fingerprint density at radius 3 is 1.64 bits per heavy atom. The van der Waals surface area contributed by atoms with Crippen molar-refractivity contribution in [2.75, 3.05) is 0 Å². The first-order valence-electron chi connectivity index (χ1n) is 14.8. The molecule has 3 aromatic carbocycles. The fourth-order valence-corrected chi connectivity index (χ4v) is 6.26. The van der Waals surface area contributed by atoms with Crippen LogP contribution in [0.4, 0.5) is 0 Å². The fourth-order valence-electron chi connectivity index (χ4n) is 6.26. The van der Waals surface area contributed by atoms with Crippen LogP contribution in [-0.2, 0) is 41.5 Å². The molecule has 0 aliphatic heterocycles. The Morgan fingerprint density at radius 1 is 0.738 bits per heavy atom. The zero-order valence-electron chi connectivity index (χ0n) is 27.7. The second-order valence-corrected chi connectivity index (χ2v) is 17.6. The summed E-state index contributed by atoms with van der Waals surface area (Å²) in [4.78, 5) is 0. The molecule has 3 aliphatic rings. The molecule has 0 heterocycles. The van der Waals surface area contributed by atoms with Crippen molar-refractivity contribution in [1.82, 2.24) is 0 Å². The van der Waals surface area contributed by atoms with Crippen molar-refractivity contribution in [2.24, 2.45) is 10.8 Å². The van der Waals surface area contributed by atoms with Crippen LogP contribution in [0.3, 0.4) is 0 Å². The zero-order valence-corrected chi connectivity index (χ0v) is 31.7. The predicted octanol–water partition coefficient (Wildman–Crippen LogP) is 4.66. The first kappa shape index (κ1) is 36.8. The maximum atomic E-state index is 3.85. The molecule has 0 fully saturated rings. The number of benzene rings is 2. The minimum absolute atomic E-state index is 0. The Balaban J connectivity index is 0.000000487. The second kappa shape index (κ2) is 12.9. The van der Waals surface area contributed by atoms with E-state index in [-0.39, 0.29) is 46.5 Å². The Kier molecular flexibility index (Phi) is 11.3. The van der Waals surface area contributed by atoms with Crippen molar-refractivity contribution in [3.8, 4) is 11.1 Å². The van der Waals surface area contributed by atoms with Crippen molar-refractivity contribution < 1.29 is 49.0 Å². The van der Waals surface area contributed by atoms with Gasteiger partial charge in [-0.15, -0.1) is 11.6 Å². The number of rotatable bonds is 0. The molecule has 3 aliphatic carbocycles. The van der Waals surface area contributed by atoms with E-state index in [0.717, 1.165) is 6.42 Å². The third-order valence-electron chi connectivity index (χ3n) is 8.14. The van der Waals surface area contributed by atoms with Crippen LogP contribution in [0.25, 0.3) is 22.3 Å². The standard InChI is InChI=1S/C31H37.C5H5.C3H6.2ClH.Zr/c1-28(2,3)26-16-30(7,8)24-12-18-11-19-13-25-23(15-21(19)20(18)14-22(24)26)27(29(4,5)6)17-31(25,9)10;1-2-4-5-3-1;1-3-2;;;/h12-16H,11H2,1-10H3;1-5H;1-2H3;2*1H;/q2*-1;;;;+2/p-2. The molecule has 3 heteroatoms. The smallest absolute Gasteiger partial charge is 0.172 e. The monoisotopic (exact) mass is 676 g/mol. The molecular formula is C39H48Cl2Zr-2. The molecule has 0 amide bonds. The van der Waals surface area contributed by atoms with E-state index in [1.165, 1.54) is 58.9 Å². The van der Waals surface area contributed by atoms with Crippen LogP contribution in [0.5, 0.6) is 0 Å². The average molecular weight is 679 g/mol. The van der Waals surface area contributed by atoms with Gasteiger partial charge in [-0.25, -0.2) is 17.7 Å². The van der Waals surface area contributed by atoms with Crippen LogP contribution >= 0.6 is 0 Å². The largest absolute Gasteiger partial charge is 1.00 e. The van der Waals surface area contributed by atoms with Crippen LogP contribution in [0.1, 0.15) is 116 Å². The first-order chi connectivity index (χ1) is 18.3. The molecule has 0 radical (unpaired) electrons. The van der Waals surface area contributed by atoms with E-state index in [9.17, 15) is 0 Å². The molecule has 0 aromatic heterocycles. The van der Waals surface area contributed by atoms with E-state index in [1.807, 2.05) is 30.3 Å². The molecule has 3 aromatic rings. The zero-order chi connectivity index (χ0) is 29.8. The summed E-state index contributed by atoms with van der Waals surface area (Å²) in [6.07, 6.45) is 7.41. The SMILES string of the molecule is CC(C)(C)C1=[C-]C(C)(C)c2cc3c(cc21)-c1cc2c(cc1C3)C(C)(C)C=C2C(C)(C)C.C[C](C)=[Zr+2].[Cl-].[Cl-].c1cc[cH-]c1. The van der Waals surface area contributed by atoms with Crippen molar-refractivity contribution in [3.63, 3.8) is 0 Å². The maximum absolute atomic E-state index is 3.85. The molecule has 224 valence electrons. The molecule has 0 bridgehead atoms. The Morgan fingerprint density at radius 2 is 1.21 bits per heavy atom. The van der Waals surface area contributed by atoms with Crippen LogP contribution in [0.2, 0.25) is 0 Å². The normalized spacial score (nSPS) is 16.4. The topological polar surface area (TPSA) is 0 Å². The van der Waals surface area contributed by atoms with E-state index in [1.54, 1.807) is 24.2 Å². The second-order valence-electron chi connectivity index (χ2n) is 15.2. The van der Waals surface area contributed by atoms with E-state index >= 15 is 0 Å². The van der Waals surface area contributed by atoms with Gasteiger partial charge in [-0.05, 0) is 62.3 Å². The van der Waals surface area contributed by atoms with Crippen molar-refractivity contribution in [3.05, 3.63) is 100 Å². The van der Waals surface area contributed by atoms with Gasteiger partial charge in [0.2, 0.25) is 0 Å². The van der Waals surface area contributed by atoms with Gasteiger partial charge in [0.15, 0.2) is 0 Å². The van der Waals surface area contributed by atoms with Gasteiger partial charge in [0.1, 0.15) is 0 Å². The first-order valence-corrected chi connectivity index (χ1v) is 16.0. The Hall–Kier alpha value is -1.40. The summed E-state index contributed by atoms with van der Waals surface area (Å²) >= 11 is 1.55. The number of hydrogen-bond acceptors (Lipinski definition) is 0. The number of hydrogen-bond donors (Lipinski definition) is 0. The number of fused-ring (bicyclic) bond motifs is 5. The fraction of sp³-hybridized carbons (Fsp3) is 0.436. The molecule has 0 atom stereocenters. The van der Waals surface area contributed by atoms with Crippen LogP contribution in [-0.4, -0.2) is 3.21 Å². The van der Waals surface area contributed by atoms with Gasteiger partial charge in [-0.1, -0.05) is 92.9 Å². The Labute approximate surface area is 284 Å². The predicted molar refractivity (Wildman–Crippen MR) is 173 cm³/mol. The minimum Gasteiger partial charge on any atom is -1.00 e. The Bertz CT molecular complexity index is 1380. The van der Waals surface area contributed by atoms with Gasteiger partial charge in [-0.3, -0.25) is 6.08 Å². The van der Waals surface area contributed by atoms with Gasteiger partial charge < -0.3 is 24.8 Å². The maximum Gasteiger partial charge on any atom is -0.172 e. The van der Waals surface area contributed by atoms with Crippen LogP contribution in [0.15, 0.2) is 60.7 Å². The van der Waals surface area contributed by atoms with Crippen LogP contribution < -0.4 is 24.8 Å². The third-order valence-corrected chi connectivity index (χ3v) is 8.14. The van der Waals surface area contributed by atoms with Crippen molar-refractivity contribution in [2.45, 2.75) is 100 Å². The van der Waals surface area contributed by atoms with Gasteiger partial charge in [0.05, 0.1) is 0 Å². The van der Waals surface area contributed by atoms with Gasteiger partial charge in [-0.2, -0.15) is 23.8 Å². The van der Waals surface area contributed by atoms with E-state index in [4.69, 9.17) is 0 Å². The van der Waals surface area contributed by atoms with E-state index in [2.05, 4.69) is 120 Å². The minimum atomic E-state index is -0.0202. The number of halogens is 2. The summed E-state index contributed by atoms with van der Waals surface area (Å²) < 4.78 is 1.51. The summed E-state index contributed by atoms with van der Waals surface area (Å²) in [5.74, 6) is 0. The van der Waals surface area contributed by atoms with Crippen molar-refractivity contribution in [1.29, 1.82) is 0 Å². The van der Waals surface area contributed by atoms with Gasteiger partial charge >= 0.3 is 41.3 Å². The van der Waals surface area contributed by atoms with E-state index in [0.29, 0.717) is 0 Å². The molecular weight excluding hydrogens is 631 g/mol. The summed E-state index contributed by atoms with van der Waals surface area (Å²) in [7, 11) is 0. The van der Waals surface area contributed by atoms with E-state index < -0.39 is 0 Å². The third kappa shape index (κ3) is 7.45. The molecule has 6 rings (SSSR count). The quantitative estimate of drug-likeness (QED) is 0.238. The molecule has 0 unspecified atom stereocenters. The van der Waals surface area contributed by atoms with Crippen molar-refractivity contribution >= 4 is 14.4 Å². The summed E-state index contributed by atoms with van der Waals surface area (Å²) in [5, 5.41) is 0. The summed E-state index contributed by atoms with van der Waals surface area (Å²) in [5.41, 5.74) is 14.9. The summed E-state index contributed by atoms with van der Waals surface area (Å²) in [6.45, 7) is 27.6. The average Bonchev–Trinajstić information content (AvgIpc) is 3.57. The molecule has 0 saturated heterocycles. The van der Waals surface area contributed by atoms with Crippen LogP contribution in [0, 0.1) is 16.9 Å². The summed E-state index contributed by atoms with van der Waals surface area (Å²) in [6, 6.07) is 20.0. The molecule has 0 spiro atoms. The molecule has 42 heavy (non-hydrogen) atoms. The molecule has 0 nitrogen and oxygen atoms in total. The van der Waals surface area contributed by atoms with Gasteiger partial charge in [0, 0.05) is 5.41 Å².